The lowest BCUT2D eigenvalue weighted by Gasteiger charge is -2.06. The van der Waals surface area contributed by atoms with Gasteiger partial charge in [0.1, 0.15) is 5.75 Å². The van der Waals surface area contributed by atoms with Gasteiger partial charge in [-0.3, -0.25) is 5.32 Å². The highest BCUT2D eigenvalue weighted by Crippen LogP contribution is 2.18. The SMILES string of the molecule is Cc1nc(N=C(N)NC(=O)Oc2ccc(Cl)cc2)nc2ccccc12. The maximum Gasteiger partial charge on any atom is 0.419 e. The van der Waals surface area contributed by atoms with Crippen molar-refractivity contribution in [1.82, 2.24) is 15.3 Å². The zero-order valence-corrected chi connectivity index (χ0v) is 14.0. The van der Waals surface area contributed by atoms with E-state index in [9.17, 15) is 4.79 Å². The highest BCUT2D eigenvalue weighted by molar-refractivity contribution is 6.30. The van der Waals surface area contributed by atoms with Crippen LogP contribution in [0.3, 0.4) is 0 Å². The van der Waals surface area contributed by atoms with E-state index in [0.717, 1.165) is 16.6 Å². The Morgan fingerprint density at radius 2 is 1.88 bits per heavy atom. The predicted molar refractivity (Wildman–Crippen MR) is 96.2 cm³/mol. The smallest absolute Gasteiger partial charge is 0.410 e. The number of carbonyl (C=O) groups excluding carboxylic acids is 1. The summed E-state index contributed by atoms with van der Waals surface area (Å²) in [5.41, 5.74) is 7.22. The molecule has 0 fully saturated rings. The Labute approximate surface area is 148 Å². The molecule has 0 radical (unpaired) electrons. The maximum atomic E-state index is 11.8. The molecule has 126 valence electrons. The Bertz CT molecular complexity index is 957. The molecular formula is C17H14ClN5O2. The van der Waals surface area contributed by atoms with Gasteiger partial charge in [-0.15, -0.1) is 0 Å². The molecule has 0 aliphatic carbocycles. The summed E-state index contributed by atoms with van der Waals surface area (Å²) in [6, 6.07) is 13.9. The highest BCUT2D eigenvalue weighted by atomic mass is 35.5. The molecule has 0 saturated carbocycles. The summed E-state index contributed by atoms with van der Waals surface area (Å²) in [7, 11) is 0. The van der Waals surface area contributed by atoms with Gasteiger partial charge in [0.2, 0.25) is 5.96 Å². The molecule has 8 heteroatoms. The molecule has 3 rings (SSSR count). The third-order valence-electron chi connectivity index (χ3n) is 3.26. The summed E-state index contributed by atoms with van der Waals surface area (Å²) < 4.78 is 5.06. The first-order valence-electron chi connectivity index (χ1n) is 7.33. The van der Waals surface area contributed by atoms with Crippen molar-refractivity contribution in [3.05, 3.63) is 59.2 Å². The van der Waals surface area contributed by atoms with Crippen molar-refractivity contribution in [3.8, 4) is 5.75 Å². The van der Waals surface area contributed by atoms with Crippen LogP contribution in [0, 0.1) is 6.92 Å². The molecule has 0 atom stereocenters. The van der Waals surface area contributed by atoms with E-state index >= 15 is 0 Å². The minimum absolute atomic E-state index is 0.153. The molecule has 0 spiro atoms. The Morgan fingerprint density at radius 1 is 1.16 bits per heavy atom. The maximum absolute atomic E-state index is 11.8. The number of para-hydroxylation sites is 1. The van der Waals surface area contributed by atoms with Gasteiger partial charge in [0.05, 0.1) is 11.2 Å². The zero-order chi connectivity index (χ0) is 17.8. The number of aliphatic imine (C=N–C) groups is 1. The minimum atomic E-state index is -0.777. The number of hydrogen-bond donors (Lipinski definition) is 2. The molecule has 3 aromatic rings. The first kappa shape index (κ1) is 16.7. The number of aryl methyl sites for hydroxylation is 1. The van der Waals surface area contributed by atoms with Gasteiger partial charge in [0, 0.05) is 10.4 Å². The number of aromatic nitrogens is 2. The fourth-order valence-corrected chi connectivity index (χ4v) is 2.27. The summed E-state index contributed by atoms with van der Waals surface area (Å²) in [6.07, 6.45) is -0.777. The average molecular weight is 356 g/mol. The normalized spacial score (nSPS) is 11.4. The summed E-state index contributed by atoms with van der Waals surface area (Å²) in [6.45, 7) is 1.85. The molecular weight excluding hydrogens is 342 g/mol. The van der Waals surface area contributed by atoms with Crippen molar-refractivity contribution < 1.29 is 9.53 Å². The lowest BCUT2D eigenvalue weighted by atomic mass is 10.2. The molecule has 0 unspecified atom stereocenters. The van der Waals surface area contributed by atoms with E-state index < -0.39 is 6.09 Å². The van der Waals surface area contributed by atoms with Gasteiger partial charge >= 0.3 is 6.09 Å². The minimum Gasteiger partial charge on any atom is -0.410 e. The molecule has 7 nitrogen and oxygen atoms in total. The third-order valence-corrected chi connectivity index (χ3v) is 3.51. The van der Waals surface area contributed by atoms with Gasteiger partial charge in [-0.1, -0.05) is 29.8 Å². The predicted octanol–water partition coefficient (Wildman–Crippen LogP) is 3.33. The number of nitrogens with zero attached hydrogens (tertiary/aromatic N) is 3. The van der Waals surface area contributed by atoms with Gasteiger partial charge in [-0.25, -0.2) is 14.8 Å². The molecule has 0 saturated heterocycles. The lowest BCUT2D eigenvalue weighted by molar-refractivity contribution is 0.206. The van der Waals surface area contributed by atoms with Crippen molar-refractivity contribution >= 4 is 40.5 Å². The highest BCUT2D eigenvalue weighted by Gasteiger charge is 2.08. The number of carbonyl (C=O) groups is 1. The Kier molecular flexibility index (Phi) is 4.76. The molecule has 0 aliphatic heterocycles. The average Bonchev–Trinajstić information content (AvgIpc) is 2.57. The van der Waals surface area contributed by atoms with Crippen LogP contribution in [0.1, 0.15) is 5.69 Å². The number of ether oxygens (including phenoxy) is 1. The lowest BCUT2D eigenvalue weighted by Crippen LogP contribution is -2.38. The van der Waals surface area contributed by atoms with Crippen molar-refractivity contribution in [2.75, 3.05) is 0 Å². The summed E-state index contributed by atoms with van der Waals surface area (Å²) in [5, 5.41) is 3.78. The summed E-state index contributed by atoms with van der Waals surface area (Å²) in [5.74, 6) is 0.307. The van der Waals surface area contributed by atoms with Crippen LogP contribution in [0.5, 0.6) is 5.75 Å². The van der Waals surface area contributed by atoms with E-state index in [1.807, 2.05) is 31.2 Å². The number of benzene rings is 2. The monoisotopic (exact) mass is 355 g/mol. The second-order valence-electron chi connectivity index (χ2n) is 5.09. The van der Waals surface area contributed by atoms with Gasteiger partial charge in [-0.2, -0.15) is 4.99 Å². The Morgan fingerprint density at radius 3 is 2.64 bits per heavy atom. The number of guanidine groups is 1. The number of fused-ring (bicyclic) bond motifs is 1. The first-order valence-corrected chi connectivity index (χ1v) is 7.71. The Hall–Kier alpha value is -3.19. The summed E-state index contributed by atoms with van der Waals surface area (Å²) >= 11 is 5.77. The molecule has 3 N–H and O–H groups in total. The second kappa shape index (κ2) is 7.14. The number of hydrogen-bond acceptors (Lipinski definition) is 5. The number of nitrogens with two attached hydrogens (primary N) is 1. The third kappa shape index (κ3) is 4.21. The van der Waals surface area contributed by atoms with Crippen molar-refractivity contribution in [1.29, 1.82) is 0 Å². The number of amides is 1. The standard InChI is InChI=1S/C17H14ClN5O2/c1-10-13-4-2-3-5-14(13)21-16(20-10)22-15(19)23-17(24)25-12-8-6-11(18)7-9-12/h2-9H,1H3,(H3,19,20,21,22,23,24). The van der Waals surface area contributed by atoms with E-state index in [-0.39, 0.29) is 11.9 Å². The number of halogens is 1. The zero-order valence-electron chi connectivity index (χ0n) is 13.2. The van der Waals surface area contributed by atoms with E-state index in [2.05, 4.69) is 20.3 Å². The van der Waals surface area contributed by atoms with Crippen molar-refractivity contribution in [2.24, 2.45) is 10.7 Å². The van der Waals surface area contributed by atoms with Crippen LogP contribution < -0.4 is 15.8 Å². The molecule has 0 bridgehead atoms. The summed E-state index contributed by atoms with van der Waals surface area (Å²) in [4.78, 5) is 24.4. The quantitative estimate of drug-likeness (QED) is 0.542. The van der Waals surface area contributed by atoms with E-state index in [1.165, 1.54) is 0 Å². The van der Waals surface area contributed by atoms with Crippen LogP contribution in [-0.2, 0) is 0 Å². The van der Waals surface area contributed by atoms with Crippen LogP contribution in [0.4, 0.5) is 10.7 Å². The van der Waals surface area contributed by atoms with Gasteiger partial charge in [-0.05, 0) is 37.3 Å². The molecule has 1 aromatic heterocycles. The molecule has 0 aliphatic rings. The molecule has 25 heavy (non-hydrogen) atoms. The van der Waals surface area contributed by atoms with Crippen LogP contribution >= 0.6 is 11.6 Å². The van der Waals surface area contributed by atoms with E-state index in [4.69, 9.17) is 22.1 Å². The molecule has 2 aromatic carbocycles. The molecule has 1 heterocycles. The van der Waals surface area contributed by atoms with Crippen LogP contribution in [0.25, 0.3) is 10.9 Å². The largest absolute Gasteiger partial charge is 0.419 e. The molecule has 1 amide bonds. The fraction of sp³-hybridized carbons (Fsp3) is 0.0588. The topological polar surface area (TPSA) is 102 Å². The van der Waals surface area contributed by atoms with E-state index in [1.54, 1.807) is 24.3 Å². The number of rotatable bonds is 2. The van der Waals surface area contributed by atoms with Gasteiger partial charge < -0.3 is 10.5 Å². The number of nitrogens with one attached hydrogen (secondary N) is 1. The fourth-order valence-electron chi connectivity index (χ4n) is 2.15. The Balaban J connectivity index is 1.73. The van der Waals surface area contributed by atoms with Gasteiger partial charge in [0.25, 0.3) is 5.95 Å². The van der Waals surface area contributed by atoms with Crippen LogP contribution in [0.15, 0.2) is 53.5 Å². The van der Waals surface area contributed by atoms with Crippen LogP contribution in [0.2, 0.25) is 5.02 Å². The van der Waals surface area contributed by atoms with Crippen LogP contribution in [-0.4, -0.2) is 22.0 Å². The van der Waals surface area contributed by atoms with Gasteiger partial charge in [0.15, 0.2) is 0 Å². The van der Waals surface area contributed by atoms with Crippen molar-refractivity contribution in [2.45, 2.75) is 6.92 Å². The van der Waals surface area contributed by atoms with E-state index in [0.29, 0.717) is 10.8 Å². The second-order valence-corrected chi connectivity index (χ2v) is 5.53. The van der Waals surface area contributed by atoms with Crippen molar-refractivity contribution in [3.63, 3.8) is 0 Å². The first-order chi connectivity index (χ1) is 12.0.